The maximum atomic E-state index is 12.4. The van der Waals surface area contributed by atoms with Crippen molar-refractivity contribution in [1.29, 1.82) is 0 Å². The van der Waals surface area contributed by atoms with Crippen LogP contribution in [-0.4, -0.2) is 26.3 Å². The highest BCUT2D eigenvalue weighted by Crippen LogP contribution is 2.38. The van der Waals surface area contributed by atoms with Crippen molar-refractivity contribution in [2.75, 3.05) is 6.61 Å². The predicted octanol–water partition coefficient (Wildman–Crippen LogP) is 2.83. The third kappa shape index (κ3) is 3.03. The summed E-state index contributed by atoms with van der Waals surface area (Å²) in [4.78, 5) is 11.8. The Labute approximate surface area is 125 Å². The number of Topliss-reactive ketones (excluding diaryl/α,β-unsaturated/α-hetero) is 1. The third-order valence-corrected chi connectivity index (χ3v) is 4.04. The number of rotatable bonds is 4. The molecule has 0 radical (unpaired) electrons. The minimum atomic E-state index is -5.77. The molecule has 0 unspecified atom stereocenters. The summed E-state index contributed by atoms with van der Waals surface area (Å²) in [6.07, 6.45) is 0.898. The van der Waals surface area contributed by atoms with E-state index >= 15 is 0 Å². The van der Waals surface area contributed by atoms with Crippen molar-refractivity contribution in [1.82, 2.24) is 0 Å². The fourth-order valence-electron chi connectivity index (χ4n) is 2.10. The molecule has 0 aromatic heterocycles. The number of benzene rings is 1. The van der Waals surface area contributed by atoms with Crippen LogP contribution in [0.4, 0.5) is 13.2 Å². The highest BCUT2D eigenvalue weighted by Gasteiger charge is 2.49. The van der Waals surface area contributed by atoms with Crippen LogP contribution >= 0.6 is 0 Å². The molecule has 0 aliphatic carbocycles. The molecular weight excluding hydrogens is 325 g/mol. The monoisotopic (exact) mass is 338 g/mol. The topological polar surface area (TPSA) is 69.7 Å². The summed E-state index contributed by atoms with van der Waals surface area (Å²) in [5.74, 6) is -0.565. The lowest BCUT2D eigenvalue weighted by Crippen LogP contribution is -2.28. The van der Waals surface area contributed by atoms with Gasteiger partial charge in [0, 0.05) is 12.0 Å². The Morgan fingerprint density at radius 2 is 2.00 bits per heavy atom. The molecule has 0 saturated heterocycles. The maximum Gasteiger partial charge on any atom is 0.534 e. The van der Waals surface area contributed by atoms with Crippen molar-refractivity contribution in [2.45, 2.75) is 31.7 Å². The zero-order valence-electron chi connectivity index (χ0n) is 11.6. The second-order valence-corrected chi connectivity index (χ2v) is 6.21. The first-order valence-corrected chi connectivity index (χ1v) is 7.91. The van der Waals surface area contributed by atoms with Crippen LogP contribution in [0.3, 0.4) is 0 Å². The van der Waals surface area contributed by atoms with Gasteiger partial charge in [-0.3, -0.25) is 4.79 Å². The molecule has 0 amide bonds. The van der Waals surface area contributed by atoms with Gasteiger partial charge in [-0.2, -0.15) is 21.6 Å². The van der Waals surface area contributed by atoms with Crippen molar-refractivity contribution >= 4 is 15.9 Å². The molecule has 1 aliphatic heterocycles. The van der Waals surface area contributed by atoms with E-state index in [-0.39, 0.29) is 42.1 Å². The quantitative estimate of drug-likeness (QED) is 0.624. The van der Waals surface area contributed by atoms with E-state index in [0.29, 0.717) is 6.42 Å². The normalized spacial score (nSPS) is 15.2. The fourth-order valence-corrected chi connectivity index (χ4v) is 2.59. The Balaban J connectivity index is 2.51. The molecule has 0 atom stereocenters. The molecule has 1 heterocycles. The smallest absolute Gasteiger partial charge is 0.492 e. The molecule has 2 rings (SSSR count). The van der Waals surface area contributed by atoms with Gasteiger partial charge >= 0.3 is 15.6 Å². The summed E-state index contributed by atoms with van der Waals surface area (Å²) in [6, 6.07) is 2.27. The van der Waals surface area contributed by atoms with Gasteiger partial charge in [-0.15, -0.1) is 0 Å². The molecule has 0 saturated carbocycles. The van der Waals surface area contributed by atoms with Gasteiger partial charge in [0.25, 0.3) is 0 Å². The lowest BCUT2D eigenvalue weighted by Gasteiger charge is -2.22. The van der Waals surface area contributed by atoms with Gasteiger partial charge in [-0.25, -0.2) is 0 Å². The number of hydrogen-bond donors (Lipinski definition) is 0. The van der Waals surface area contributed by atoms with E-state index in [0.717, 1.165) is 6.07 Å². The van der Waals surface area contributed by atoms with E-state index in [1.54, 1.807) is 6.92 Å². The standard InChI is InChI=1S/C13H13F3O5S/c1-2-3-9-11(21-22(18,19)13(14,15)16)5-4-8-10(17)6-7-20-12(8)9/h4-5H,2-3,6-7H2,1H3. The summed E-state index contributed by atoms with van der Waals surface area (Å²) >= 11 is 0. The second kappa shape index (κ2) is 5.79. The number of carbonyl (C=O) groups excluding carboxylic acids is 1. The SMILES string of the molecule is CCCc1c(OS(=O)(=O)C(F)(F)F)ccc2c1OCCC2=O. The van der Waals surface area contributed by atoms with E-state index in [1.165, 1.54) is 6.07 Å². The number of ether oxygens (including phenoxy) is 1. The van der Waals surface area contributed by atoms with Gasteiger partial charge in [-0.1, -0.05) is 13.3 Å². The van der Waals surface area contributed by atoms with Crippen LogP contribution in [0.25, 0.3) is 0 Å². The average molecular weight is 338 g/mol. The molecule has 0 N–H and O–H groups in total. The molecule has 122 valence electrons. The van der Waals surface area contributed by atoms with Crippen molar-refractivity contribution in [2.24, 2.45) is 0 Å². The third-order valence-electron chi connectivity index (χ3n) is 3.08. The summed E-state index contributed by atoms with van der Waals surface area (Å²) in [6.45, 7) is 1.85. The van der Waals surface area contributed by atoms with Gasteiger partial charge in [0.05, 0.1) is 12.2 Å². The van der Waals surface area contributed by atoms with Crippen LogP contribution < -0.4 is 8.92 Å². The number of carbonyl (C=O) groups is 1. The Morgan fingerprint density at radius 1 is 1.32 bits per heavy atom. The van der Waals surface area contributed by atoms with E-state index in [4.69, 9.17) is 4.74 Å². The molecule has 0 fully saturated rings. The van der Waals surface area contributed by atoms with E-state index in [1.807, 2.05) is 0 Å². The minimum Gasteiger partial charge on any atom is -0.492 e. The minimum absolute atomic E-state index is 0.0953. The predicted molar refractivity (Wildman–Crippen MR) is 70.5 cm³/mol. The average Bonchev–Trinajstić information content (AvgIpc) is 2.40. The van der Waals surface area contributed by atoms with E-state index in [2.05, 4.69) is 4.18 Å². The van der Waals surface area contributed by atoms with Crippen molar-refractivity contribution in [3.63, 3.8) is 0 Å². The first kappa shape index (κ1) is 16.6. The summed E-state index contributed by atoms with van der Waals surface area (Å²) < 4.78 is 69.2. The molecule has 0 spiro atoms. The van der Waals surface area contributed by atoms with Crippen LogP contribution in [0.5, 0.6) is 11.5 Å². The molecule has 0 bridgehead atoms. The van der Waals surface area contributed by atoms with Crippen LogP contribution in [-0.2, 0) is 16.5 Å². The zero-order chi connectivity index (χ0) is 16.5. The van der Waals surface area contributed by atoms with E-state index < -0.39 is 21.4 Å². The Bertz CT molecular complexity index is 694. The summed E-state index contributed by atoms with van der Waals surface area (Å²) in [5, 5.41) is 0. The highest BCUT2D eigenvalue weighted by molar-refractivity contribution is 7.88. The molecular formula is C13H13F3O5S. The van der Waals surface area contributed by atoms with Gasteiger partial charge < -0.3 is 8.92 Å². The van der Waals surface area contributed by atoms with Gasteiger partial charge in [-0.05, 0) is 18.6 Å². The van der Waals surface area contributed by atoms with E-state index in [9.17, 15) is 26.4 Å². The maximum absolute atomic E-state index is 12.4. The van der Waals surface area contributed by atoms with Gasteiger partial charge in [0.15, 0.2) is 5.78 Å². The lowest BCUT2D eigenvalue weighted by atomic mass is 9.98. The summed E-state index contributed by atoms with van der Waals surface area (Å²) in [5.41, 5.74) is -5.14. The molecule has 1 aromatic rings. The largest absolute Gasteiger partial charge is 0.534 e. The number of ketones is 1. The van der Waals surface area contributed by atoms with Crippen LogP contribution in [0.2, 0.25) is 0 Å². The fraction of sp³-hybridized carbons (Fsp3) is 0.462. The van der Waals surface area contributed by atoms with Crippen molar-refractivity contribution in [3.8, 4) is 11.5 Å². The first-order valence-electron chi connectivity index (χ1n) is 6.50. The molecule has 1 aliphatic rings. The zero-order valence-corrected chi connectivity index (χ0v) is 12.4. The highest BCUT2D eigenvalue weighted by atomic mass is 32.2. The molecule has 9 heteroatoms. The first-order chi connectivity index (χ1) is 10.2. The second-order valence-electron chi connectivity index (χ2n) is 4.67. The molecule has 1 aromatic carbocycles. The van der Waals surface area contributed by atoms with Crippen molar-refractivity contribution < 1.29 is 35.3 Å². The van der Waals surface area contributed by atoms with Crippen LogP contribution in [0.15, 0.2) is 12.1 Å². The lowest BCUT2D eigenvalue weighted by molar-refractivity contribution is -0.0500. The Morgan fingerprint density at radius 3 is 2.59 bits per heavy atom. The number of alkyl halides is 3. The van der Waals surface area contributed by atoms with Crippen LogP contribution in [0, 0.1) is 0 Å². The molecule has 5 nitrogen and oxygen atoms in total. The summed E-state index contributed by atoms with van der Waals surface area (Å²) in [7, 11) is -5.77. The number of halogens is 3. The Hall–Kier alpha value is -1.77. The number of hydrogen-bond acceptors (Lipinski definition) is 5. The van der Waals surface area contributed by atoms with Gasteiger partial charge in [0.2, 0.25) is 0 Å². The number of fused-ring (bicyclic) bond motifs is 1. The van der Waals surface area contributed by atoms with Gasteiger partial charge in [0.1, 0.15) is 11.5 Å². The Kier molecular flexibility index (Phi) is 4.37. The van der Waals surface area contributed by atoms with Crippen LogP contribution in [0.1, 0.15) is 35.7 Å². The van der Waals surface area contributed by atoms with Crippen molar-refractivity contribution in [3.05, 3.63) is 23.3 Å². The molecule has 22 heavy (non-hydrogen) atoms.